The third-order valence-electron chi connectivity index (χ3n) is 11.0. The zero-order chi connectivity index (χ0) is 36.3. The molecule has 0 atom stereocenters. The van der Waals surface area contributed by atoms with Crippen molar-refractivity contribution in [1.82, 2.24) is 15.0 Å². The topological polar surface area (TPSA) is 51.8 Å². The number of furan rings is 1. The van der Waals surface area contributed by atoms with E-state index in [1.54, 1.807) is 0 Å². The van der Waals surface area contributed by atoms with Gasteiger partial charge in [-0.1, -0.05) is 158 Å². The van der Waals surface area contributed by atoms with Crippen molar-refractivity contribution >= 4 is 49.4 Å². The van der Waals surface area contributed by atoms with Crippen LogP contribution in [0.25, 0.3) is 106 Å². The fourth-order valence-electron chi connectivity index (χ4n) is 8.36. The van der Waals surface area contributed by atoms with Crippen molar-refractivity contribution in [3.05, 3.63) is 181 Å². The molecule has 0 bridgehead atoms. The molecule has 2 aromatic heterocycles. The lowest BCUT2D eigenvalue weighted by atomic mass is 9.89. The third kappa shape index (κ3) is 5.25. The Hall–Kier alpha value is -7.17. The molecule has 1 aliphatic carbocycles. The van der Waals surface area contributed by atoms with Crippen molar-refractivity contribution in [2.75, 3.05) is 0 Å². The van der Waals surface area contributed by atoms with Gasteiger partial charge in [0.25, 0.3) is 0 Å². The fraction of sp³-hybridized carbons (Fsp3) is 0.0392. The second-order valence-electron chi connectivity index (χ2n) is 14.2. The zero-order valence-electron chi connectivity index (χ0n) is 29.9. The van der Waals surface area contributed by atoms with Gasteiger partial charge in [-0.15, -0.1) is 0 Å². The molecule has 0 unspecified atom stereocenters. The highest BCUT2D eigenvalue weighted by Crippen LogP contribution is 2.45. The number of rotatable bonds is 5. The van der Waals surface area contributed by atoms with Gasteiger partial charge < -0.3 is 4.42 Å². The lowest BCUT2D eigenvalue weighted by Gasteiger charge is -2.16. The van der Waals surface area contributed by atoms with Crippen LogP contribution in [0, 0.1) is 0 Å². The maximum absolute atomic E-state index is 6.58. The van der Waals surface area contributed by atoms with Crippen LogP contribution < -0.4 is 0 Å². The van der Waals surface area contributed by atoms with Gasteiger partial charge in [0.15, 0.2) is 17.5 Å². The van der Waals surface area contributed by atoms with Crippen LogP contribution in [0.4, 0.5) is 0 Å². The SMILES string of the molecule is C1=Cc2c(oc3ccc(-c4ccc5c6ccccc6c6ccccc6c5c4)c(-c4nc(-c5ccccc5)nc(-c5ccc(-c6ccccc6)cc5)n4)c23)CC1. The van der Waals surface area contributed by atoms with E-state index in [-0.39, 0.29) is 0 Å². The van der Waals surface area contributed by atoms with Gasteiger partial charge in [-0.3, -0.25) is 0 Å². The highest BCUT2D eigenvalue weighted by Gasteiger charge is 2.25. The maximum atomic E-state index is 6.58. The van der Waals surface area contributed by atoms with Gasteiger partial charge in [-0.05, 0) is 79.2 Å². The molecule has 2 heterocycles. The molecule has 1 aliphatic rings. The van der Waals surface area contributed by atoms with E-state index in [9.17, 15) is 0 Å². The van der Waals surface area contributed by atoms with E-state index in [4.69, 9.17) is 19.4 Å². The molecule has 0 fully saturated rings. The number of aromatic nitrogens is 3. The molecule has 0 radical (unpaired) electrons. The maximum Gasteiger partial charge on any atom is 0.165 e. The summed E-state index contributed by atoms with van der Waals surface area (Å²) in [4.78, 5) is 15.7. The van der Waals surface area contributed by atoms with Crippen molar-refractivity contribution in [2.24, 2.45) is 0 Å². The van der Waals surface area contributed by atoms with Crippen molar-refractivity contribution in [1.29, 1.82) is 0 Å². The summed E-state index contributed by atoms with van der Waals surface area (Å²) in [6.07, 6.45) is 6.26. The van der Waals surface area contributed by atoms with E-state index in [1.807, 2.05) is 24.3 Å². The Morgan fingerprint density at radius 3 is 1.60 bits per heavy atom. The standard InChI is InChI=1S/C51H33N3O/c1-3-13-32(14-4-1)33-23-25-35(26-24-33)50-52-49(34-15-5-2-6-16-34)53-51(54-50)48-37(29-30-46-47(48)43-21-11-12-22-45(43)55-46)36-27-28-42-40-19-8-7-17-38(40)39-18-9-10-20-41(39)44(42)31-36/h1-11,13-21,23-31H,12,22H2. The van der Waals surface area contributed by atoms with Crippen LogP contribution in [0.3, 0.4) is 0 Å². The molecular weight excluding hydrogens is 671 g/mol. The van der Waals surface area contributed by atoms with Crippen LogP contribution in [-0.4, -0.2) is 15.0 Å². The quantitative estimate of drug-likeness (QED) is 0.167. The predicted molar refractivity (Wildman–Crippen MR) is 227 cm³/mol. The monoisotopic (exact) mass is 703 g/mol. The van der Waals surface area contributed by atoms with E-state index in [1.165, 1.54) is 37.9 Å². The summed E-state index contributed by atoms with van der Waals surface area (Å²) in [5, 5.41) is 8.48. The number of benzene rings is 8. The van der Waals surface area contributed by atoms with Gasteiger partial charge in [0.05, 0.1) is 0 Å². The van der Waals surface area contributed by atoms with Gasteiger partial charge in [0, 0.05) is 34.1 Å². The number of aryl methyl sites for hydroxylation is 1. The van der Waals surface area contributed by atoms with Gasteiger partial charge in [-0.2, -0.15) is 0 Å². The average molecular weight is 704 g/mol. The molecule has 4 heteroatoms. The minimum Gasteiger partial charge on any atom is -0.460 e. The molecular formula is C51H33N3O. The van der Waals surface area contributed by atoms with Gasteiger partial charge in [0.1, 0.15) is 11.3 Å². The smallest absolute Gasteiger partial charge is 0.165 e. The minimum atomic E-state index is 0.614. The fourth-order valence-corrected chi connectivity index (χ4v) is 8.36. The van der Waals surface area contributed by atoms with Gasteiger partial charge >= 0.3 is 0 Å². The van der Waals surface area contributed by atoms with E-state index in [2.05, 4.69) is 152 Å². The molecule has 0 saturated carbocycles. The first-order valence-corrected chi connectivity index (χ1v) is 18.8. The first-order chi connectivity index (χ1) is 27.3. The van der Waals surface area contributed by atoms with Gasteiger partial charge in [0.2, 0.25) is 0 Å². The average Bonchev–Trinajstić information content (AvgIpc) is 3.65. The van der Waals surface area contributed by atoms with Crippen LogP contribution in [0.2, 0.25) is 0 Å². The number of nitrogens with zero attached hydrogens (tertiary/aromatic N) is 3. The number of allylic oxidation sites excluding steroid dienone is 1. The molecule has 10 aromatic rings. The summed E-state index contributed by atoms with van der Waals surface area (Å²) in [7, 11) is 0. The Balaban J connectivity index is 1.19. The summed E-state index contributed by atoms with van der Waals surface area (Å²) < 4.78 is 6.58. The second kappa shape index (κ2) is 12.8. The number of hydrogen-bond acceptors (Lipinski definition) is 4. The molecule has 0 N–H and O–H groups in total. The van der Waals surface area contributed by atoms with Crippen LogP contribution in [0.1, 0.15) is 17.7 Å². The lowest BCUT2D eigenvalue weighted by molar-refractivity contribution is 0.546. The van der Waals surface area contributed by atoms with E-state index >= 15 is 0 Å². The first-order valence-electron chi connectivity index (χ1n) is 18.8. The molecule has 8 aromatic carbocycles. The highest BCUT2D eigenvalue weighted by molar-refractivity contribution is 6.26. The summed E-state index contributed by atoms with van der Waals surface area (Å²) in [6.45, 7) is 0. The number of hydrogen-bond donors (Lipinski definition) is 0. The first kappa shape index (κ1) is 31.4. The predicted octanol–water partition coefficient (Wildman–Crippen LogP) is 13.4. The Morgan fingerprint density at radius 1 is 0.418 bits per heavy atom. The van der Waals surface area contributed by atoms with Gasteiger partial charge in [-0.25, -0.2) is 15.0 Å². The van der Waals surface area contributed by atoms with Crippen LogP contribution >= 0.6 is 0 Å². The van der Waals surface area contributed by atoms with Crippen LogP contribution in [-0.2, 0) is 6.42 Å². The normalized spacial score (nSPS) is 12.5. The third-order valence-corrected chi connectivity index (χ3v) is 11.0. The van der Waals surface area contributed by atoms with Crippen LogP contribution in [0.5, 0.6) is 0 Å². The Labute approximate surface area is 318 Å². The molecule has 0 amide bonds. The van der Waals surface area contributed by atoms with E-state index < -0.39 is 0 Å². The highest BCUT2D eigenvalue weighted by atomic mass is 16.3. The summed E-state index contributed by atoms with van der Waals surface area (Å²) in [5.41, 5.74) is 9.18. The van der Waals surface area contributed by atoms with Crippen molar-refractivity contribution in [3.8, 4) is 56.4 Å². The zero-order valence-corrected chi connectivity index (χ0v) is 29.9. The molecule has 0 aliphatic heterocycles. The summed E-state index contributed by atoms with van der Waals surface area (Å²) in [6, 6.07) is 57.7. The molecule has 258 valence electrons. The molecule has 0 spiro atoms. The van der Waals surface area contributed by atoms with Crippen molar-refractivity contribution in [2.45, 2.75) is 12.8 Å². The van der Waals surface area contributed by atoms with E-state index in [0.717, 1.165) is 68.5 Å². The van der Waals surface area contributed by atoms with Crippen LogP contribution in [0.15, 0.2) is 174 Å². The Kier molecular flexibility index (Phi) is 7.27. The molecule has 55 heavy (non-hydrogen) atoms. The molecule has 0 saturated heterocycles. The van der Waals surface area contributed by atoms with Crippen molar-refractivity contribution in [3.63, 3.8) is 0 Å². The Morgan fingerprint density at radius 2 is 0.927 bits per heavy atom. The van der Waals surface area contributed by atoms with E-state index in [0.29, 0.717) is 17.5 Å². The largest absolute Gasteiger partial charge is 0.460 e. The second-order valence-corrected chi connectivity index (χ2v) is 14.2. The summed E-state index contributed by atoms with van der Waals surface area (Å²) in [5.74, 6) is 2.86. The van der Waals surface area contributed by atoms with Crippen molar-refractivity contribution < 1.29 is 4.42 Å². The lowest BCUT2D eigenvalue weighted by Crippen LogP contribution is -2.02. The molecule has 11 rings (SSSR count). The number of fused-ring (bicyclic) bond motifs is 9. The Bertz CT molecular complexity index is 3090. The molecule has 4 nitrogen and oxygen atoms in total. The minimum absolute atomic E-state index is 0.614. The summed E-state index contributed by atoms with van der Waals surface area (Å²) >= 11 is 0.